The van der Waals surface area contributed by atoms with Gasteiger partial charge in [0.05, 0.1) is 12.6 Å². The molecule has 122 valence electrons. The first kappa shape index (κ1) is 16.7. The Morgan fingerprint density at radius 3 is 2.43 bits per heavy atom. The Kier molecular flexibility index (Phi) is 6.45. The number of amides is 1. The Bertz CT molecular complexity index is 321. The SMILES string of the molecule is C[C@@H](O)CN1CCC(CN(C)CC(=O)N2CCCC2)CC1. The third-order valence-corrected chi connectivity index (χ3v) is 4.66. The number of piperidine rings is 1. The van der Waals surface area contributed by atoms with E-state index < -0.39 is 0 Å². The molecule has 1 amide bonds. The van der Waals surface area contributed by atoms with Crippen molar-refractivity contribution in [3.63, 3.8) is 0 Å². The zero-order chi connectivity index (χ0) is 15.2. The monoisotopic (exact) mass is 297 g/mol. The van der Waals surface area contributed by atoms with E-state index in [1.165, 1.54) is 12.8 Å². The molecule has 2 fully saturated rings. The summed E-state index contributed by atoms with van der Waals surface area (Å²) in [5.41, 5.74) is 0. The van der Waals surface area contributed by atoms with Gasteiger partial charge in [0.1, 0.15) is 0 Å². The largest absolute Gasteiger partial charge is 0.392 e. The van der Waals surface area contributed by atoms with E-state index in [0.717, 1.165) is 52.1 Å². The molecule has 1 N–H and O–H groups in total. The number of β-amino-alcohol motifs (C(OH)–C–C–N with tert-alkyl or cyclic N) is 1. The van der Waals surface area contributed by atoms with Crippen molar-refractivity contribution in [2.75, 3.05) is 52.9 Å². The van der Waals surface area contributed by atoms with Gasteiger partial charge in [-0.3, -0.25) is 9.69 Å². The van der Waals surface area contributed by atoms with Gasteiger partial charge in [-0.1, -0.05) is 0 Å². The molecule has 5 nitrogen and oxygen atoms in total. The standard InChI is InChI=1S/C16H31N3O2/c1-14(20)11-18-9-5-15(6-10-18)12-17(2)13-16(21)19-7-3-4-8-19/h14-15,20H,3-13H2,1-2H3/t14-/m1/s1. The lowest BCUT2D eigenvalue weighted by molar-refractivity contribution is -0.131. The van der Waals surface area contributed by atoms with Crippen LogP contribution in [-0.2, 0) is 4.79 Å². The molecule has 2 aliphatic heterocycles. The van der Waals surface area contributed by atoms with Crippen molar-refractivity contribution >= 4 is 5.91 Å². The molecule has 5 heteroatoms. The first-order valence-electron chi connectivity index (χ1n) is 8.41. The summed E-state index contributed by atoms with van der Waals surface area (Å²) in [7, 11) is 2.07. The quantitative estimate of drug-likeness (QED) is 0.781. The number of aliphatic hydroxyl groups is 1. The number of hydrogen-bond donors (Lipinski definition) is 1. The van der Waals surface area contributed by atoms with Crippen LogP contribution in [0.3, 0.4) is 0 Å². The van der Waals surface area contributed by atoms with Crippen LogP contribution < -0.4 is 0 Å². The lowest BCUT2D eigenvalue weighted by Gasteiger charge is -2.34. The first-order chi connectivity index (χ1) is 10.0. The maximum absolute atomic E-state index is 12.1. The van der Waals surface area contributed by atoms with E-state index >= 15 is 0 Å². The van der Waals surface area contributed by atoms with Gasteiger partial charge >= 0.3 is 0 Å². The molecule has 0 unspecified atom stereocenters. The van der Waals surface area contributed by atoms with Gasteiger partial charge < -0.3 is 14.9 Å². The molecule has 0 spiro atoms. The molecular formula is C16H31N3O2. The van der Waals surface area contributed by atoms with Crippen LogP contribution in [0.15, 0.2) is 0 Å². The van der Waals surface area contributed by atoms with Crippen molar-refractivity contribution in [3.8, 4) is 0 Å². The minimum atomic E-state index is -0.234. The second kappa shape index (κ2) is 8.11. The highest BCUT2D eigenvalue weighted by molar-refractivity contribution is 5.78. The molecule has 0 aromatic rings. The fourth-order valence-corrected chi connectivity index (χ4v) is 3.53. The zero-order valence-corrected chi connectivity index (χ0v) is 13.6. The molecule has 2 rings (SSSR count). The van der Waals surface area contributed by atoms with Crippen LogP contribution in [-0.4, -0.2) is 84.7 Å². The number of likely N-dealkylation sites (tertiary alicyclic amines) is 2. The van der Waals surface area contributed by atoms with E-state index in [1.54, 1.807) is 0 Å². The van der Waals surface area contributed by atoms with Crippen molar-refractivity contribution in [1.82, 2.24) is 14.7 Å². The number of carbonyl (C=O) groups is 1. The highest BCUT2D eigenvalue weighted by atomic mass is 16.3. The summed E-state index contributed by atoms with van der Waals surface area (Å²) < 4.78 is 0. The van der Waals surface area contributed by atoms with Gasteiger partial charge in [0.25, 0.3) is 0 Å². The molecule has 2 aliphatic rings. The molecule has 21 heavy (non-hydrogen) atoms. The second-order valence-electron chi connectivity index (χ2n) is 6.88. The normalized spacial score (nSPS) is 23.0. The van der Waals surface area contributed by atoms with E-state index in [1.807, 2.05) is 11.8 Å². The molecule has 0 saturated carbocycles. The Morgan fingerprint density at radius 1 is 1.24 bits per heavy atom. The average Bonchev–Trinajstić information content (AvgIpc) is 2.94. The molecule has 0 aromatic carbocycles. The van der Waals surface area contributed by atoms with Gasteiger partial charge in [0.15, 0.2) is 0 Å². The maximum Gasteiger partial charge on any atom is 0.236 e. The summed E-state index contributed by atoms with van der Waals surface area (Å²) in [6.45, 7) is 8.26. The van der Waals surface area contributed by atoms with E-state index in [2.05, 4.69) is 16.8 Å². The van der Waals surface area contributed by atoms with E-state index in [9.17, 15) is 9.90 Å². The Balaban J connectivity index is 1.64. The average molecular weight is 297 g/mol. The van der Waals surface area contributed by atoms with Crippen LogP contribution in [0, 0.1) is 5.92 Å². The topological polar surface area (TPSA) is 47.0 Å². The molecule has 0 aliphatic carbocycles. The maximum atomic E-state index is 12.1. The zero-order valence-electron chi connectivity index (χ0n) is 13.6. The summed E-state index contributed by atoms with van der Waals surface area (Å²) in [6, 6.07) is 0. The van der Waals surface area contributed by atoms with Gasteiger partial charge in [0.2, 0.25) is 5.91 Å². The summed E-state index contributed by atoms with van der Waals surface area (Å²) in [4.78, 5) is 18.7. The summed E-state index contributed by atoms with van der Waals surface area (Å²) in [5, 5.41) is 9.43. The lowest BCUT2D eigenvalue weighted by atomic mass is 9.96. The van der Waals surface area contributed by atoms with E-state index in [-0.39, 0.29) is 6.10 Å². The fraction of sp³-hybridized carbons (Fsp3) is 0.938. The Morgan fingerprint density at radius 2 is 1.86 bits per heavy atom. The van der Waals surface area contributed by atoms with Crippen molar-refractivity contribution < 1.29 is 9.90 Å². The summed E-state index contributed by atoms with van der Waals surface area (Å²) in [6.07, 6.45) is 4.44. The predicted molar refractivity (Wildman–Crippen MR) is 84.2 cm³/mol. The van der Waals surface area contributed by atoms with E-state index in [0.29, 0.717) is 18.4 Å². The summed E-state index contributed by atoms with van der Waals surface area (Å²) in [5.74, 6) is 0.980. The van der Waals surface area contributed by atoms with Crippen LogP contribution in [0.2, 0.25) is 0 Å². The van der Waals surface area contributed by atoms with Crippen LogP contribution in [0.5, 0.6) is 0 Å². The molecule has 0 bridgehead atoms. The fourth-order valence-electron chi connectivity index (χ4n) is 3.53. The van der Waals surface area contributed by atoms with Crippen LogP contribution in [0.1, 0.15) is 32.6 Å². The number of carbonyl (C=O) groups excluding carboxylic acids is 1. The van der Waals surface area contributed by atoms with Crippen LogP contribution >= 0.6 is 0 Å². The minimum Gasteiger partial charge on any atom is -0.392 e. The number of aliphatic hydroxyl groups excluding tert-OH is 1. The first-order valence-corrected chi connectivity index (χ1v) is 8.41. The highest BCUT2D eigenvalue weighted by Gasteiger charge is 2.23. The third-order valence-electron chi connectivity index (χ3n) is 4.66. The van der Waals surface area contributed by atoms with Crippen molar-refractivity contribution in [2.24, 2.45) is 5.92 Å². The number of rotatable bonds is 6. The summed E-state index contributed by atoms with van der Waals surface area (Å²) >= 11 is 0. The Hall–Kier alpha value is -0.650. The predicted octanol–water partition coefficient (Wildman–Crippen LogP) is 0.633. The second-order valence-corrected chi connectivity index (χ2v) is 6.88. The molecule has 0 radical (unpaired) electrons. The molecule has 1 atom stereocenters. The molecular weight excluding hydrogens is 266 g/mol. The van der Waals surface area contributed by atoms with Gasteiger partial charge in [-0.25, -0.2) is 0 Å². The smallest absolute Gasteiger partial charge is 0.236 e. The van der Waals surface area contributed by atoms with Crippen molar-refractivity contribution in [1.29, 1.82) is 0 Å². The van der Waals surface area contributed by atoms with Gasteiger partial charge in [-0.2, -0.15) is 0 Å². The van der Waals surface area contributed by atoms with Gasteiger partial charge in [-0.15, -0.1) is 0 Å². The van der Waals surface area contributed by atoms with Crippen LogP contribution in [0.25, 0.3) is 0 Å². The molecule has 0 aromatic heterocycles. The van der Waals surface area contributed by atoms with Crippen LogP contribution in [0.4, 0.5) is 0 Å². The van der Waals surface area contributed by atoms with Crippen molar-refractivity contribution in [3.05, 3.63) is 0 Å². The molecule has 2 saturated heterocycles. The third kappa shape index (κ3) is 5.57. The lowest BCUT2D eigenvalue weighted by Crippen LogP contribution is -2.43. The number of likely N-dealkylation sites (N-methyl/N-ethyl adjacent to an activating group) is 1. The van der Waals surface area contributed by atoms with E-state index in [4.69, 9.17) is 0 Å². The molecule has 2 heterocycles. The van der Waals surface area contributed by atoms with Gasteiger partial charge in [-0.05, 0) is 58.7 Å². The van der Waals surface area contributed by atoms with Gasteiger partial charge in [0, 0.05) is 26.2 Å². The highest BCUT2D eigenvalue weighted by Crippen LogP contribution is 2.18. The minimum absolute atomic E-state index is 0.234. The number of hydrogen-bond acceptors (Lipinski definition) is 4. The van der Waals surface area contributed by atoms with Crippen molar-refractivity contribution in [2.45, 2.75) is 38.7 Å². The Labute approximate surface area is 128 Å². The number of nitrogens with zero attached hydrogens (tertiary/aromatic N) is 3.